The van der Waals surface area contributed by atoms with Crippen LogP contribution in [0.2, 0.25) is 5.02 Å². The van der Waals surface area contributed by atoms with Gasteiger partial charge in [-0.1, -0.05) is 71.7 Å². The SMILES string of the molecule is O=C1C2=C(C(=O)c3ccccc31)C1Nc3c(Cl)c(OS(=O)O)c4c(c3N=C1C(Cl)=C2OS(=O)O)C(=O)c1ccccc1C4=O. The van der Waals surface area contributed by atoms with Crippen molar-refractivity contribution in [3.8, 4) is 5.75 Å². The fourth-order valence-corrected chi connectivity index (χ4v) is 6.99. The van der Waals surface area contributed by atoms with Gasteiger partial charge in [0.15, 0.2) is 34.6 Å². The lowest BCUT2D eigenvalue weighted by molar-refractivity contribution is 0.0969. The Labute approximate surface area is 261 Å². The number of nitrogens with one attached hydrogen (secondary N) is 1. The van der Waals surface area contributed by atoms with E-state index in [2.05, 4.69) is 10.3 Å². The molecule has 0 aromatic heterocycles. The van der Waals surface area contributed by atoms with Crippen molar-refractivity contribution < 1.29 is 45.1 Å². The Bertz CT molecular complexity index is 2120. The second kappa shape index (κ2) is 10.1. The molecule has 44 heavy (non-hydrogen) atoms. The van der Waals surface area contributed by atoms with E-state index in [0.29, 0.717) is 0 Å². The molecule has 0 bridgehead atoms. The number of aliphatic imine (C=N–C) groups is 1. The molecule has 4 aliphatic rings. The second-order valence-electron chi connectivity index (χ2n) is 9.63. The summed E-state index contributed by atoms with van der Waals surface area (Å²) in [6.07, 6.45) is 0. The van der Waals surface area contributed by atoms with E-state index in [4.69, 9.17) is 31.6 Å². The molecule has 0 saturated heterocycles. The van der Waals surface area contributed by atoms with E-state index < -0.39 is 84.6 Å². The number of halogens is 2. The van der Waals surface area contributed by atoms with Gasteiger partial charge in [0.2, 0.25) is 0 Å². The van der Waals surface area contributed by atoms with Crippen molar-refractivity contribution >= 4 is 86.1 Å². The van der Waals surface area contributed by atoms with Crippen molar-refractivity contribution in [3.05, 3.63) is 109 Å². The Morgan fingerprint density at radius 1 is 0.750 bits per heavy atom. The molecule has 3 aromatic rings. The van der Waals surface area contributed by atoms with Gasteiger partial charge in [0, 0.05) is 27.8 Å². The summed E-state index contributed by atoms with van der Waals surface area (Å²) in [5, 5.41) is 2.08. The van der Waals surface area contributed by atoms with E-state index in [1.165, 1.54) is 42.5 Å². The van der Waals surface area contributed by atoms with Crippen LogP contribution in [-0.2, 0) is 26.9 Å². The zero-order chi connectivity index (χ0) is 31.2. The first-order chi connectivity index (χ1) is 21.0. The Balaban J connectivity index is 1.54. The molecule has 16 heteroatoms. The highest BCUT2D eigenvalue weighted by molar-refractivity contribution is 7.74. The maximum absolute atomic E-state index is 13.9. The van der Waals surface area contributed by atoms with Gasteiger partial charge in [-0.2, -0.15) is 8.42 Å². The predicted octanol–water partition coefficient (Wildman–Crippen LogP) is 4.49. The van der Waals surface area contributed by atoms with E-state index in [0.717, 1.165) is 0 Å². The molecule has 0 fully saturated rings. The molecule has 7 rings (SSSR count). The largest absolute Gasteiger partial charge is 0.378 e. The van der Waals surface area contributed by atoms with Crippen LogP contribution in [0, 0.1) is 0 Å². The normalized spacial score (nSPS) is 19.5. The number of benzene rings is 3. The number of anilines is 1. The highest BCUT2D eigenvalue weighted by atomic mass is 35.5. The highest BCUT2D eigenvalue weighted by Gasteiger charge is 2.49. The summed E-state index contributed by atoms with van der Waals surface area (Å²) in [6, 6.07) is 10.4. The quantitative estimate of drug-likeness (QED) is 0.260. The molecule has 1 heterocycles. The summed E-state index contributed by atoms with van der Waals surface area (Å²) in [5.74, 6) is -4.04. The molecule has 0 amide bonds. The van der Waals surface area contributed by atoms with Gasteiger partial charge in [0.25, 0.3) is 0 Å². The summed E-state index contributed by atoms with van der Waals surface area (Å²) in [7, 11) is 0. The van der Waals surface area contributed by atoms with E-state index >= 15 is 0 Å². The van der Waals surface area contributed by atoms with Gasteiger partial charge in [-0.05, 0) is 0 Å². The third kappa shape index (κ3) is 3.93. The number of hydrogen-bond acceptors (Lipinski definition) is 10. The molecule has 3 unspecified atom stereocenters. The van der Waals surface area contributed by atoms with Crippen molar-refractivity contribution in [1.29, 1.82) is 0 Å². The number of rotatable bonds is 4. The van der Waals surface area contributed by atoms with E-state index in [1.54, 1.807) is 6.07 Å². The predicted molar refractivity (Wildman–Crippen MR) is 158 cm³/mol. The molecule has 3 aromatic carbocycles. The topological polar surface area (TPSA) is 186 Å². The van der Waals surface area contributed by atoms with Crippen molar-refractivity contribution in [2.24, 2.45) is 4.99 Å². The highest BCUT2D eigenvalue weighted by Crippen LogP contribution is 2.53. The van der Waals surface area contributed by atoms with Crippen LogP contribution in [0.15, 0.2) is 75.5 Å². The van der Waals surface area contributed by atoms with Gasteiger partial charge in [0.05, 0.1) is 28.1 Å². The Hall–Kier alpha value is -4.31. The van der Waals surface area contributed by atoms with Crippen molar-refractivity contribution in [2.45, 2.75) is 6.04 Å². The lowest BCUT2D eigenvalue weighted by Gasteiger charge is -2.37. The molecular weight excluding hydrogens is 659 g/mol. The Morgan fingerprint density at radius 2 is 1.27 bits per heavy atom. The number of carbonyl (C=O) groups is 4. The van der Waals surface area contributed by atoms with Crippen LogP contribution in [-0.4, -0.2) is 52.4 Å². The van der Waals surface area contributed by atoms with Crippen molar-refractivity contribution in [3.63, 3.8) is 0 Å². The van der Waals surface area contributed by atoms with Crippen molar-refractivity contribution in [2.75, 3.05) is 5.32 Å². The Morgan fingerprint density at radius 3 is 1.84 bits per heavy atom. The molecule has 3 atom stereocenters. The molecule has 0 spiro atoms. The van der Waals surface area contributed by atoms with Gasteiger partial charge in [-0.25, -0.2) is 4.99 Å². The molecule has 3 N–H and O–H groups in total. The zero-order valence-corrected chi connectivity index (χ0v) is 24.5. The van der Waals surface area contributed by atoms with Gasteiger partial charge in [0.1, 0.15) is 21.8 Å². The molecule has 3 aliphatic carbocycles. The van der Waals surface area contributed by atoms with Crippen LogP contribution in [0.4, 0.5) is 11.4 Å². The summed E-state index contributed by atoms with van der Waals surface area (Å²) >= 11 is 7.32. The molecule has 12 nitrogen and oxygen atoms in total. The second-order valence-corrected chi connectivity index (χ2v) is 11.6. The lowest BCUT2D eigenvalue weighted by atomic mass is 9.75. The lowest BCUT2D eigenvalue weighted by Crippen LogP contribution is -2.44. The van der Waals surface area contributed by atoms with Crippen LogP contribution >= 0.6 is 23.2 Å². The summed E-state index contributed by atoms with van der Waals surface area (Å²) < 4.78 is 52.9. The minimum atomic E-state index is -2.99. The van der Waals surface area contributed by atoms with Gasteiger partial charge < -0.3 is 13.7 Å². The minimum absolute atomic E-state index is 0.00174. The number of ketones is 4. The summed E-state index contributed by atoms with van der Waals surface area (Å²) in [4.78, 5) is 59.6. The number of carbonyl (C=O) groups excluding carboxylic acids is 4. The van der Waals surface area contributed by atoms with Crippen LogP contribution in [0.1, 0.15) is 52.6 Å². The third-order valence-corrected chi connectivity index (χ3v) is 8.79. The fourth-order valence-electron chi connectivity index (χ4n) is 5.72. The van der Waals surface area contributed by atoms with Crippen LogP contribution in [0.5, 0.6) is 5.75 Å². The number of allylic oxidation sites excluding steroid dienone is 1. The molecular formula is C28H12Cl2N2O10S2. The standard InChI is InChI=1S/C28H12Cl2N2O10S2/c29-17-21-19(13-15(27(17)41-43(37)38)25(35)11-7-3-1-5-9(11)23(13)33)31-22-18(30)28(42-44(39)40)16-14(20(22)32-21)24(34)10-6-2-4-8-12(10)26(16)36/h1-8,19,31H,(H,37,38)(H,39,40). The maximum atomic E-state index is 13.9. The maximum Gasteiger partial charge on any atom is 0.357 e. The zero-order valence-electron chi connectivity index (χ0n) is 21.4. The number of Topliss-reactive ketones (excluding diaryl/α,β-unsaturated/α-hetero) is 2. The number of hydrogen-bond donors (Lipinski definition) is 3. The fraction of sp³-hybridized carbons (Fsp3) is 0.0357. The third-order valence-electron chi connectivity index (χ3n) is 7.44. The van der Waals surface area contributed by atoms with Crippen molar-refractivity contribution in [1.82, 2.24) is 0 Å². The van der Waals surface area contributed by atoms with Gasteiger partial charge >= 0.3 is 22.7 Å². The summed E-state index contributed by atoms with van der Waals surface area (Å²) in [6.45, 7) is 0. The van der Waals surface area contributed by atoms with E-state index in [-0.39, 0.29) is 50.5 Å². The summed E-state index contributed by atoms with van der Waals surface area (Å²) in [5.41, 5.74) is -2.03. The molecule has 1 aliphatic heterocycles. The molecule has 0 radical (unpaired) electrons. The van der Waals surface area contributed by atoms with Gasteiger partial charge in [-0.15, -0.1) is 0 Å². The number of fused-ring (bicyclic) bond motifs is 7. The average Bonchev–Trinajstić information content (AvgIpc) is 3.00. The number of nitrogens with zero attached hydrogens (tertiary/aromatic N) is 1. The monoisotopic (exact) mass is 670 g/mol. The van der Waals surface area contributed by atoms with E-state index in [9.17, 15) is 36.7 Å². The van der Waals surface area contributed by atoms with Crippen LogP contribution < -0.4 is 9.50 Å². The van der Waals surface area contributed by atoms with Crippen LogP contribution in [0.3, 0.4) is 0 Å². The Kier molecular flexibility index (Phi) is 6.55. The molecule has 0 saturated carbocycles. The smallest absolute Gasteiger partial charge is 0.357 e. The minimum Gasteiger partial charge on any atom is -0.378 e. The van der Waals surface area contributed by atoms with Gasteiger partial charge in [-0.3, -0.25) is 28.3 Å². The first kappa shape index (κ1) is 28.5. The van der Waals surface area contributed by atoms with E-state index in [1.807, 2.05) is 0 Å². The first-order valence-electron chi connectivity index (χ1n) is 12.4. The average molecular weight is 671 g/mol. The molecule has 220 valence electrons. The first-order valence-corrected chi connectivity index (χ1v) is 15.2. The van der Waals surface area contributed by atoms with Crippen LogP contribution in [0.25, 0.3) is 0 Å².